The molecule has 0 saturated carbocycles. The van der Waals surface area contributed by atoms with E-state index in [0.717, 1.165) is 37.9 Å². The van der Waals surface area contributed by atoms with Crippen LogP contribution in [0.1, 0.15) is 23.4 Å². The van der Waals surface area contributed by atoms with E-state index in [1.54, 1.807) is 11.3 Å². The van der Waals surface area contributed by atoms with E-state index in [-0.39, 0.29) is 0 Å². The van der Waals surface area contributed by atoms with Crippen molar-refractivity contribution >= 4 is 22.8 Å². The molecule has 0 radical (unpaired) electrons. The highest BCUT2D eigenvalue weighted by Crippen LogP contribution is 2.30. The number of aryl methyl sites for hydroxylation is 2. The summed E-state index contributed by atoms with van der Waals surface area (Å²) in [6.45, 7) is 3.49. The Balaban J connectivity index is 1.67. The maximum Gasteiger partial charge on any atom is 0.210 e. The number of aliphatic imine (C=N–C) groups is 1. The van der Waals surface area contributed by atoms with Crippen LogP contribution in [0.15, 0.2) is 4.99 Å². The van der Waals surface area contributed by atoms with E-state index >= 15 is 0 Å². The number of thiazole rings is 1. The fraction of sp³-hybridized carbons (Fsp3) is 0.667. The molecule has 17 heavy (non-hydrogen) atoms. The second-order valence-corrected chi connectivity index (χ2v) is 5.53. The van der Waals surface area contributed by atoms with Crippen molar-refractivity contribution in [3.8, 4) is 0 Å². The highest BCUT2D eigenvalue weighted by Gasteiger charge is 2.14. The van der Waals surface area contributed by atoms with Gasteiger partial charge < -0.3 is 9.64 Å². The Morgan fingerprint density at radius 1 is 1.24 bits per heavy atom. The quantitative estimate of drug-likeness (QED) is 0.596. The maximum atomic E-state index is 5.30. The van der Waals surface area contributed by atoms with Crippen molar-refractivity contribution in [3.05, 3.63) is 10.6 Å². The molecule has 0 N–H and O–H groups in total. The molecule has 4 nitrogen and oxygen atoms in total. The molecular weight excluding hydrogens is 234 g/mol. The molecule has 3 rings (SSSR count). The SMILES string of the molecule is C(=Nc1nc2c(s1)CCCC2)N1CCOCC1. The van der Waals surface area contributed by atoms with Gasteiger partial charge in [-0.15, -0.1) is 0 Å². The van der Waals surface area contributed by atoms with E-state index in [1.807, 2.05) is 6.34 Å². The van der Waals surface area contributed by atoms with Crippen molar-refractivity contribution in [2.75, 3.05) is 26.3 Å². The fourth-order valence-electron chi connectivity index (χ4n) is 2.22. The van der Waals surface area contributed by atoms with Crippen LogP contribution in [-0.2, 0) is 17.6 Å². The Morgan fingerprint density at radius 3 is 2.88 bits per heavy atom. The number of hydrogen-bond donors (Lipinski definition) is 0. The summed E-state index contributed by atoms with van der Waals surface area (Å²) in [5, 5.41) is 0.920. The van der Waals surface area contributed by atoms with Crippen LogP contribution < -0.4 is 0 Å². The van der Waals surface area contributed by atoms with Crippen LogP contribution in [0.25, 0.3) is 0 Å². The molecule has 1 aromatic heterocycles. The van der Waals surface area contributed by atoms with Gasteiger partial charge in [0.1, 0.15) is 0 Å². The molecule has 1 saturated heterocycles. The van der Waals surface area contributed by atoms with Crippen LogP contribution in [-0.4, -0.2) is 42.5 Å². The van der Waals surface area contributed by atoms with Gasteiger partial charge in [-0.05, 0) is 25.7 Å². The Morgan fingerprint density at radius 2 is 2.06 bits per heavy atom. The first-order valence-corrected chi connectivity index (χ1v) is 7.08. The van der Waals surface area contributed by atoms with Crippen LogP contribution >= 0.6 is 11.3 Å². The minimum atomic E-state index is 0.806. The number of hydrogen-bond acceptors (Lipinski definition) is 4. The second kappa shape index (κ2) is 5.14. The van der Waals surface area contributed by atoms with E-state index in [1.165, 1.54) is 29.8 Å². The zero-order valence-corrected chi connectivity index (χ0v) is 10.7. The lowest BCUT2D eigenvalue weighted by Crippen LogP contribution is -2.34. The summed E-state index contributed by atoms with van der Waals surface area (Å²) in [5.74, 6) is 0. The molecule has 92 valence electrons. The predicted octanol–water partition coefficient (Wildman–Crippen LogP) is 2.01. The molecule has 2 aliphatic rings. The lowest BCUT2D eigenvalue weighted by Gasteiger charge is -2.23. The summed E-state index contributed by atoms with van der Waals surface area (Å²) >= 11 is 1.76. The van der Waals surface area contributed by atoms with Crippen LogP contribution in [0.2, 0.25) is 0 Å². The Hall–Kier alpha value is -0.940. The predicted molar refractivity (Wildman–Crippen MR) is 69.3 cm³/mol. The maximum absolute atomic E-state index is 5.30. The minimum absolute atomic E-state index is 0.806. The fourth-order valence-corrected chi connectivity index (χ4v) is 3.21. The highest BCUT2D eigenvalue weighted by atomic mass is 32.1. The summed E-state index contributed by atoms with van der Waals surface area (Å²) in [4.78, 5) is 12.7. The number of rotatable bonds is 2. The molecule has 0 unspecified atom stereocenters. The van der Waals surface area contributed by atoms with Gasteiger partial charge >= 0.3 is 0 Å². The van der Waals surface area contributed by atoms with Crippen molar-refractivity contribution in [1.29, 1.82) is 0 Å². The summed E-state index contributed by atoms with van der Waals surface area (Å²) < 4.78 is 5.30. The molecule has 0 spiro atoms. The van der Waals surface area contributed by atoms with Gasteiger partial charge in [0.25, 0.3) is 0 Å². The third-order valence-corrected chi connectivity index (χ3v) is 4.28. The van der Waals surface area contributed by atoms with Crippen molar-refractivity contribution in [3.63, 3.8) is 0 Å². The van der Waals surface area contributed by atoms with E-state index in [4.69, 9.17) is 4.74 Å². The van der Waals surface area contributed by atoms with E-state index in [0.29, 0.717) is 0 Å². The Bertz CT molecular complexity index is 386. The average Bonchev–Trinajstić information content (AvgIpc) is 2.80. The number of morpholine rings is 1. The topological polar surface area (TPSA) is 37.7 Å². The molecule has 2 heterocycles. The van der Waals surface area contributed by atoms with Crippen molar-refractivity contribution < 1.29 is 4.74 Å². The minimum Gasteiger partial charge on any atom is -0.378 e. The van der Waals surface area contributed by atoms with Crippen LogP contribution in [0.3, 0.4) is 0 Å². The van der Waals surface area contributed by atoms with Gasteiger partial charge in [0.05, 0.1) is 25.2 Å². The molecule has 0 bridgehead atoms. The number of ether oxygens (including phenoxy) is 1. The first kappa shape index (κ1) is 11.2. The smallest absolute Gasteiger partial charge is 0.210 e. The van der Waals surface area contributed by atoms with Crippen molar-refractivity contribution in [2.24, 2.45) is 4.99 Å². The summed E-state index contributed by atoms with van der Waals surface area (Å²) in [6, 6.07) is 0. The van der Waals surface area contributed by atoms with Gasteiger partial charge in [-0.25, -0.2) is 9.98 Å². The van der Waals surface area contributed by atoms with Gasteiger partial charge in [0.15, 0.2) is 0 Å². The highest BCUT2D eigenvalue weighted by molar-refractivity contribution is 7.15. The van der Waals surface area contributed by atoms with Crippen LogP contribution in [0, 0.1) is 0 Å². The van der Waals surface area contributed by atoms with Gasteiger partial charge in [-0.2, -0.15) is 0 Å². The van der Waals surface area contributed by atoms with E-state index in [2.05, 4.69) is 14.9 Å². The molecule has 5 heteroatoms. The molecule has 0 amide bonds. The summed E-state index contributed by atoms with van der Waals surface area (Å²) in [5.41, 5.74) is 1.29. The zero-order chi connectivity index (χ0) is 11.5. The average molecular weight is 251 g/mol. The van der Waals surface area contributed by atoms with Gasteiger partial charge in [-0.3, -0.25) is 0 Å². The third kappa shape index (κ3) is 2.66. The van der Waals surface area contributed by atoms with Gasteiger partial charge in [0, 0.05) is 18.0 Å². The number of nitrogens with zero attached hydrogens (tertiary/aromatic N) is 3. The normalized spacial score (nSPS) is 20.8. The molecule has 1 fully saturated rings. The molecule has 1 aromatic rings. The standard InChI is InChI=1S/C12H17N3OS/c1-2-4-11-10(3-1)14-12(17-11)13-9-15-5-7-16-8-6-15/h9H,1-8H2. The number of fused-ring (bicyclic) bond motifs is 1. The molecular formula is C12H17N3OS. The summed E-state index contributed by atoms with van der Waals surface area (Å²) in [7, 11) is 0. The molecule has 0 atom stereocenters. The van der Waals surface area contributed by atoms with Crippen molar-refractivity contribution in [2.45, 2.75) is 25.7 Å². The van der Waals surface area contributed by atoms with E-state index in [9.17, 15) is 0 Å². The Labute approximate surface area is 105 Å². The first-order valence-electron chi connectivity index (χ1n) is 6.26. The molecule has 1 aliphatic carbocycles. The lowest BCUT2D eigenvalue weighted by atomic mass is 10.0. The van der Waals surface area contributed by atoms with Crippen LogP contribution in [0.4, 0.5) is 5.13 Å². The van der Waals surface area contributed by atoms with Gasteiger partial charge in [0.2, 0.25) is 5.13 Å². The first-order chi connectivity index (χ1) is 8.42. The largest absolute Gasteiger partial charge is 0.378 e. The zero-order valence-electron chi connectivity index (χ0n) is 9.89. The number of aromatic nitrogens is 1. The van der Waals surface area contributed by atoms with Gasteiger partial charge in [-0.1, -0.05) is 11.3 Å². The lowest BCUT2D eigenvalue weighted by molar-refractivity contribution is 0.0701. The second-order valence-electron chi connectivity index (χ2n) is 4.47. The molecule has 1 aliphatic heterocycles. The third-order valence-electron chi connectivity index (χ3n) is 3.21. The molecule has 0 aromatic carbocycles. The summed E-state index contributed by atoms with van der Waals surface area (Å²) in [6.07, 6.45) is 6.84. The van der Waals surface area contributed by atoms with Crippen molar-refractivity contribution in [1.82, 2.24) is 9.88 Å². The van der Waals surface area contributed by atoms with Crippen LogP contribution in [0.5, 0.6) is 0 Å². The monoisotopic (exact) mass is 251 g/mol. The van der Waals surface area contributed by atoms with E-state index < -0.39 is 0 Å². The Kier molecular flexibility index (Phi) is 3.38.